The van der Waals surface area contributed by atoms with Gasteiger partial charge in [-0.15, -0.1) is 0 Å². The number of benzene rings is 2. The minimum Gasteiger partial charge on any atom is -0.494 e. The number of aromatic nitrogens is 2. The van der Waals surface area contributed by atoms with Crippen LogP contribution >= 0.6 is 11.6 Å². The third kappa shape index (κ3) is 8.15. The topological polar surface area (TPSA) is 67.3 Å². The van der Waals surface area contributed by atoms with Crippen molar-refractivity contribution in [1.29, 1.82) is 0 Å². The number of halogens is 1. The van der Waals surface area contributed by atoms with E-state index in [1.54, 1.807) is 12.1 Å². The first-order chi connectivity index (χ1) is 16.1. The molecule has 0 fully saturated rings. The van der Waals surface area contributed by atoms with Gasteiger partial charge in [-0.1, -0.05) is 55.8 Å². The van der Waals surface area contributed by atoms with Gasteiger partial charge < -0.3 is 15.0 Å². The average molecular weight is 467 g/mol. The van der Waals surface area contributed by atoms with E-state index in [1.807, 2.05) is 42.5 Å². The molecule has 0 atom stereocenters. The molecule has 0 aliphatic carbocycles. The molecule has 33 heavy (non-hydrogen) atoms. The number of carbonyl (C=O) groups excluding carboxylic acids is 1. The van der Waals surface area contributed by atoms with Crippen LogP contribution < -0.4 is 10.1 Å². The van der Waals surface area contributed by atoms with E-state index >= 15 is 0 Å². The Morgan fingerprint density at radius 2 is 1.82 bits per heavy atom. The lowest BCUT2D eigenvalue weighted by Gasteiger charge is -2.17. The Bertz CT molecular complexity index is 1020. The summed E-state index contributed by atoms with van der Waals surface area (Å²) in [4.78, 5) is 23.3. The maximum atomic E-state index is 12.4. The van der Waals surface area contributed by atoms with Crippen molar-refractivity contribution < 1.29 is 9.53 Å². The molecule has 1 N–H and O–H groups in total. The highest BCUT2D eigenvalue weighted by molar-refractivity contribution is 6.31. The summed E-state index contributed by atoms with van der Waals surface area (Å²) in [6.07, 6.45) is 3.30. The van der Waals surface area contributed by atoms with Crippen molar-refractivity contribution in [2.75, 3.05) is 31.6 Å². The Kier molecular flexibility index (Phi) is 9.66. The Morgan fingerprint density at radius 1 is 1.06 bits per heavy atom. The van der Waals surface area contributed by atoms with Crippen LogP contribution in [0.1, 0.15) is 37.1 Å². The monoisotopic (exact) mass is 466 g/mol. The molecule has 0 bridgehead atoms. The Hall–Kier alpha value is -2.96. The summed E-state index contributed by atoms with van der Waals surface area (Å²) in [7, 11) is 0. The fraction of sp³-hybridized carbons (Fsp3) is 0.346. The molecule has 0 spiro atoms. The molecule has 2 aromatic carbocycles. The Morgan fingerprint density at radius 3 is 2.55 bits per heavy atom. The van der Waals surface area contributed by atoms with E-state index in [2.05, 4.69) is 34.0 Å². The van der Waals surface area contributed by atoms with Gasteiger partial charge >= 0.3 is 0 Å². The molecule has 0 saturated heterocycles. The van der Waals surface area contributed by atoms with Gasteiger partial charge in [-0.25, -0.2) is 9.97 Å². The summed E-state index contributed by atoms with van der Waals surface area (Å²) in [5.74, 6) is 1.17. The minimum absolute atomic E-state index is 0.171. The number of hydrogen-bond donors (Lipinski definition) is 1. The second kappa shape index (κ2) is 12.9. The quantitative estimate of drug-likeness (QED) is 0.380. The van der Waals surface area contributed by atoms with Crippen LogP contribution in [-0.2, 0) is 17.6 Å². The van der Waals surface area contributed by atoms with E-state index in [9.17, 15) is 4.79 Å². The van der Waals surface area contributed by atoms with Gasteiger partial charge in [0, 0.05) is 24.1 Å². The van der Waals surface area contributed by atoms with Crippen molar-refractivity contribution in [3.8, 4) is 5.75 Å². The van der Waals surface area contributed by atoms with Crippen molar-refractivity contribution in [2.24, 2.45) is 0 Å². The first kappa shape index (κ1) is 24.7. The van der Waals surface area contributed by atoms with Crippen LogP contribution in [0.25, 0.3) is 0 Å². The van der Waals surface area contributed by atoms with Crippen LogP contribution in [0, 0.1) is 0 Å². The van der Waals surface area contributed by atoms with Gasteiger partial charge in [-0.2, -0.15) is 0 Å². The number of ether oxygens (including phenoxy) is 1. The third-order valence-electron chi connectivity index (χ3n) is 5.39. The number of amides is 1. The molecule has 0 aliphatic heterocycles. The Balaban J connectivity index is 1.49. The van der Waals surface area contributed by atoms with E-state index in [4.69, 9.17) is 16.3 Å². The molecule has 3 aromatic rings. The van der Waals surface area contributed by atoms with Crippen molar-refractivity contribution in [2.45, 2.75) is 33.1 Å². The molecule has 174 valence electrons. The summed E-state index contributed by atoms with van der Waals surface area (Å²) in [6, 6.07) is 17.2. The normalized spacial score (nSPS) is 10.9. The van der Waals surface area contributed by atoms with E-state index < -0.39 is 0 Å². The summed E-state index contributed by atoms with van der Waals surface area (Å²) in [5, 5.41) is 3.40. The van der Waals surface area contributed by atoms with Crippen molar-refractivity contribution in [3.63, 3.8) is 0 Å². The first-order valence-electron chi connectivity index (χ1n) is 11.4. The zero-order valence-corrected chi connectivity index (χ0v) is 20.0. The number of hydrogen-bond acceptors (Lipinski definition) is 5. The van der Waals surface area contributed by atoms with Crippen LogP contribution in [0.5, 0.6) is 5.75 Å². The second-order valence-corrected chi connectivity index (χ2v) is 8.17. The fourth-order valence-corrected chi connectivity index (χ4v) is 3.70. The summed E-state index contributed by atoms with van der Waals surface area (Å²) in [6.45, 7) is 8.26. The highest BCUT2D eigenvalue weighted by atomic mass is 35.5. The van der Waals surface area contributed by atoms with E-state index in [1.165, 1.54) is 6.33 Å². The number of nitrogens with one attached hydrogen (secondary N) is 1. The minimum atomic E-state index is -0.171. The van der Waals surface area contributed by atoms with Crippen molar-refractivity contribution >= 4 is 23.3 Å². The van der Waals surface area contributed by atoms with Crippen LogP contribution in [0.15, 0.2) is 60.9 Å². The highest BCUT2D eigenvalue weighted by Crippen LogP contribution is 2.18. The summed E-state index contributed by atoms with van der Waals surface area (Å²) < 4.78 is 5.86. The van der Waals surface area contributed by atoms with Gasteiger partial charge in [-0.05, 0) is 48.8 Å². The molecule has 3 rings (SSSR count). The molecular formula is C26H31ClN4O2. The summed E-state index contributed by atoms with van der Waals surface area (Å²) >= 11 is 6.14. The summed E-state index contributed by atoms with van der Waals surface area (Å²) in [5.41, 5.74) is 2.71. The molecular weight excluding hydrogens is 436 g/mol. The van der Waals surface area contributed by atoms with Crippen LogP contribution in [0.3, 0.4) is 0 Å². The maximum absolute atomic E-state index is 12.4. The molecule has 1 heterocycles. The molecule has 1 aromatic heterocycles. The van der Waals surface area contributed by atoms with Crippen molar-refractivity contribution in [3.05, 3.63) is 82.8 Å². The van der Waals surface area contributed by atoms with E-state index in [0.717, 1.165) is 48.6 Å². The lowest BCUT2D eigenvalue weighted by atomic mass is 10.1. The fourth-order valence-electron chi connectivity index (χ4n) is 3.50. The van der Waals surface area contributed by atoms with Crippen molar-refractivity contribution in [1.82, 2.24) is 14.9 Å². The number of carbonyl (C=O) groups is 1. The molecule has 0 unspecified atom stereocenters. The first-order valence-corrected chi connectivity index (χ1v) is 11.7. The lowest BCUT2D eigenvalue weighted by Crippen LogP contribution is -2.25. The zero-order chi connectivity index (χ0) is 23.5. The van der Waals surface area contributed by atoms with Crippen LogP contribution in [-0.4, -0.2) is 47.0 Å². The molecule has 0 aliphatic rings. The van der Waals surface area contributed by atoms with Crippen LogP contribution in [0.4, 0.5) is 5.82 Å². The standard InChI is InChI=1S/C26H31ClN4O2/c1-3-31(4-2)14-7-15-33-23-12-10-20(11-13-23)16-22-18-25(29-19-28-22)30-26(32)17-21-8-5-6-9-24(21)27/h5-6,8-13,18-19H,3-4,7,14-17H2,1-2H3,(H,28,29,30,32). The van der Waals surface area contributed by atoms with Gasteiger partial charge in [0.2, 0.25) is 5.91 Å². The zero-order valence-electron chi connectivity index (χ0n) is 19.3. The predicted molar refractivity (Wildman–Crippen MR) is 133 cm³/mol. The van der Waals surface area contributed by atoms with Gasteiger partial charge in [0.05, 0.1) is 18.7 Å². The SMILES string of the molecule is CCN(CC)CCCOc1ccc(Cc2cc(NC(=O)Cc3ccccc3Cl)ncn2)cc1. The number of nitrogens with zero attached hydrogens (tertiary/aromatic N) is 3. The third-order valence-corrected chi connectivity index (χ3v) is 5.76. The lowest BCUT2D eigenvalue weighted by molar-refractivity contribution is -0.115. The predicted octanol–water partition coefficient (Wildman–Crippen LogP) is 5.01. The van der Waals surface area contributed by atoms with Gasteiger partial charge in [0.1, 0.15) is 17.9 Å². The van der Waals surface area contributed by atoms with E-state index in [-0.39, 0.29) is 12.3 Å². The highest BCUT2D eigenvalue weighted by Gasteiger charge is 2.09. The second-order valence-electron chi connectivity index (χ2n) is 7.76. The van der Waals surface area contributed by atoms with Crippen LogP contribution in [0.2, 0.25) is 5.02 Å². The largest absolute Gasteiger partial charge is 0.494 e. The molecule has 0 saturated carbocycles. The Labute approximate surface area is 201 Å². The molecule has 0 radical (unpaired) electrons. The molecule has 7 heteroatoms. The van der Waals surface area contributed by atoms with Gasteiger partial charge in [-0.3, -0.25) is 4.79 Å². The maximum Gasteiger partial charge on any atom is 0.230 e. The van der Waals surface area contributed by atoms with Gasteiger partial charge in [0.15, 0.2) is 0 Å². The molecule has 1 amide bonds. The average Bonchev–Trinajstić information content (AvgIpc) is 2.82. The van der Waals surface area contributed by atoms with Gasteiger partial charge in [0.25, 0.3) is 0 Å². The molecule has 6 nitrogen and oxygen atoms in total. The smallest absolute Gasteiger partial charge is 0.230 e. The van der Waals surface area contributed by atoms with E-state index in [0.29, 0.717) is 23.9 Å². The number of anilines is 1. The number of rotatable bonds is 12.